The fraction of sp³-hybridized carbons (Fsp3) is 0.278. The molecule has 0 spiro atoms. The molecule has 0 bridgehead atoms. The maximum atomic E-state index is 13.0. The molecule has 0 aliphatic heterocycles. The Morgan fingerprint density at radius 1 is 1.09 bits per heavy atom. The number of aryl methyl sites for hydroxylation is 2. The standard InChI is InChI=1S/C18H19FN2O/c1-12-9-16-17(10-13(12)2)21(7-8-22)18(20-16)11-14-3-5-15(19)6-4-14/h3-6,9-10,22H,7-8,11H2,1-2H3. The van der Waals surface area contributed by atoms with Gasteiger partial charge in [-0.2, -0.15) is 0 Å². The molecule has 0 radical (unpaired) electrons. The molecule has 1 heterocycles. The maximum Gasteiger partial charge on any atom is 0.123 e. The Morgan fingerprint density at radius 2 is 1.77 bits per heavy atom. The SMILES string of the molecule is Cc1cc2nc(Cc3ccc(F)cc3)n(CCO)c2cc1C. The molecule has 0 aliphatic carbocycles. The number of nitrogens with zero attached hydrogens (tertiary/aromatic N) is 2. The first kappa shape index (κ1) is 14.7. The third-order valence-electron chi connectivity index (χ3n) is 4.04. The van der Waals surface area contributed by atoms with Crippen LogP contribution in [-0.4, -0.2) is 21.3 Å². The molecular weight excluding hydrogens is 279 g/mol. The highest BCUT2D eigenvalue weighted by molar-refractivity contribution is 5.78. The molecule has 3 rings (SSSR count). The summed E-state index contributed by atoms with van der Waals surface area (Å²) in [6.07, 6.45) is 0.618. The minimum absolute atomic E-state index is 0.0643. The first-order chi connectivity index (χ1) is 10.6. The summed E-state index contributed by atoms with van der Waals surface area (Å²) in [7, 11) is 0. The fourth-order valence-electron chi connectivity index (χ4n) is 2.70. The lowest BCUT2D eigenvalue weighted by Gasteiger charge is -2.08. The summed E-state index contributed by atoms with van der Waals surface area (Å²) in [4.78, 5) is 4.71. The minimum Gasteiger partial charge on any atom is -0.395 e. The number of imidazole rings is 1. The van der Waals surface area contributed by atoms with Crippen LogP contribution in [0.3, 0.4) is 0 Å². The summed E-state index contributed by atoms with van der Waals surface area (Å²) in [5.41, 5.74) is 5.39. The Balaban J connectivity index is 2.07. The van der Waals surface area contributed by atoms with Crippen molar-refractivity contribution in [2.45, 2.75) is 26.8 Å². The lowest BCUT2D eigenvalue weighted by molar-refractivity contribution is 0.276. The highest BCUT2D eigenvalue weighted by Gasteiger charge is 2.12. The van der Waals surface area contributed by atoms with Gasteiger partial charge >= 0.3 is 0 Å². The summed E-state index contributed by atoms with van der Waals surface area (Å²) in [5, 5.41) is 9.35. The molecule has 0 aliphatic rings. The summed E-state index contributed by atoms with van der Waals surface area (Å²) in [5.74, 6) is 0.652. The Morgan fingerprint density at radius 3 is 2.45 bits per heavy atom. The van der Waals surface area contributed by atoms with E-state index in [2.05, 4.69) is 26.0 Å². The summed E-state index contributed by atoms with van der Waals surface area (Å²) >= 11 is 0. The summed E-state index contributed by atoms with van der Waals surface area (Å²) in [6, 6.07) is 10.7. The van der Waals surface area contributed by atoms with Crippen molar-refractivity contribution in [3.63, 3.8) is 0 Å². The van der Waals surface area contributed by atoms with Crippen molar-refractivity contribution >= 4 is 11.0 Å². The molecule has 3 nitrogen and oxygen atoms in total. The van der Waals surface area contributed by atoms with Crippen LogP contribution >= 0.6 is 0 Å². The highest BCUT2D eigenvalue weighted by Crippen LogP contribution is 2.22. The van der Waals surface area contributed by atoms with E-state index in [-0.39, 0.29) is 12.4 Å². The number of fused-ring (bicyclic) bond motifs is 1. The van der Waals surface area contributed by atoms with Crippen LogP contribution in [0.5, 0.6) is 0 Å². The van der Waals surface area contributed by atoms with Crippen LogP contribution in [0.2, 0.25) is 0 Å². The van der Waals surface area contributed by atoms with Gasteiger partial charge in [-0.1, -0.05) is 12.1 Å². The molecule has 0 unspecified atom stereocenters. The van der Waals surface area contributed by atoms with Gasteiger partial charge in [0.25, 0.3) is 0 Å². The van der Waals surface area contributed by atoms with E-state index in [0.717, 1.165) is 22.4 Å². The second kappa shape index (κ2) is 5.89. The van der Waals surface area contributed by atoms with E-state index in [1.807, 2.05) is 4.57 Å². The van der Waals surface area contributed by atoms with Gasteiger partial charge in [0.1, 0.15) is 11.6 Å². The number of halogens is 1. The van der Waals surface area contributed by atoms with Crippen molar-refractivity contribution in [2.24, 2.45) is 0 Å². The monoisotopic (exact) mass is 298 g/mol. The summed E-state index contributed by atoms with van der Waals surface area (Å²) < 4.78 is 15.1. The lowest BCUT2D eigenvalue weighted by atomic mass is 10.1. The van der Waals surface area contributed by atoms with E-state index in [1.165, 1.54) is 23.3 Å². The predicted molar refractivity (Wildman–Crippen MR) is 85.5 cm³/mol. The van der Waals surface area contributed by atoms with Gasteiger partial charge in [0.05, 0.1) is 17.6 Å². The zero-order valence-electron chi connectivity index (χ0n) is 12.8. The molecule has 114 valence electrons. The van der Waals surface area contributed by atoms with Crippen LogP contribution in [0.15, 0.2) is 36.4 Å². The van der Waals surface area contributed by atoms with E-state index in [4.69, 9.17) is 4.98 Å². The van der Waals surface area contributed by atoms with Crippen LogP contribution in [0.25, 0.3) is 11.0 Å². The second-order valence-corrected chi connectivity index (χ2v) is 5.63. The number of aliphatic hydroxyl groups is 1. The maximum absolute atomic E-state index is 13.0. The smallest absolute Gasteiger partial charge is 0.123 e. The average Bonchev–Trinajstić information content (AvgIpc) is 2.80. The van der Waals surface area contributed by atoms with Gasteiger partial charge in [0, 0.05) is 13.0 Å². The first-order valence-electron chi connectivity index (χ1n) is 7.40. The van der Waals surface area contributed by atoms with Crippen LogP contribution < -0.4 is 0 Å². The van der Waals surface area contributed by atoms with Crippen LogP contribution in [0.4, 0.5) is 4.39 Å². The molecule has 1 aromatic heterocycles. The number of hydrogen-bond donors (Lipinski definition) is 1. The molecule has 22 heavy (non-hydrogen) atoms. The van der Waals surface area contributed by atoms with E-state index in [1.54, 1.807) is 12.1 Å². The van der Waals surface area contributed by atoms with Gasteiger partial charge in [-0.25, -0.2) is 9.37 Å². The quantitative estimate of drug-likeness (QED) is 0.802. The first-order valence-corrected chi connectivity index (χ1v) is 7.40. The van der Waals surface area contributed by atoms with Gasteiger partial charge in [-0.05, 0) is 54.8 Å². The van der Waals surface area contributed by atoms with Crippen LogP contribution in [0, 0.1) is 19.7 Å². The number of rotatable bonds is 4. The fourth-order valence-corrected chi connectivity index (χ4v) is 2.70. The van der Waals surface area contributed by atoms with Crippen molar-refractivity contribution in [1.82, 2.24) is 9.55 Å². The molecule has 0 saturated heterocycles. The van der Waals surface area contributed by atoms with Crippen molar-refractivity contribution in [3.05, 3.63) is 64.7 Å². The van der Waals surface area contributed by atoms with E-state index >= 15 is 0 Å². The zero-order chi connectivity index (χ0) is 15.7. The number of aromatic nitrogens is 2. The normalized spacial score (nSPS) is 11.3. The third kappa shape index (κ3) is 2.74. The highest BCUT2D eigenvalue weighted by atomic mass is 19.1. The van der Waals surface area contributed by atoms with E-state index in [0.29, 0.717) is 13.0 Å². The molecule has 0 saturated carbocycles. The molecule has 0 amide bonds. The summed E-state index contributed by atoms with van der Waals surface area (Å²) in [6.45, 7) is 4.72. The van der Waals surface area contributed by atoms with Crippen molar-refractivity contribution in [1.29, 1.82) is 0 Å². The second-order valence-electron chi connectivity index (χ2n) is 5.63. The predicted octanol–water partition coefficient (Wildman–Crippen LogP) is 3.38. The van der Waals surface area contributed by atoms with Gasteiger partial charge in [0.2, 0.25) is 0 Å². The minimum atomic E-state index is -0.237. The van der Waals surface area contributed by atoms with Crippen molar-refractivity contribution in [2.75, 3.05) is 6.61 Å². The van der Waals surface area contributed by atoms with Gasteiger partial charge in [-0.3, -0.25) is 0 Å². The zero-order valence-corrected chi connectivity index (χ0v) is 12.8. The van der Waals surface area contributed by atoms with Crippen molar-refractivity contribution < 1.29 is 9.50 Å². The van der Waals surface area contributed by atoms with E-state index in [9.17, 15) is 9.50 Å². The van der Waals surface area contributed by atoms with Gasteiger partial charge in [0.15, 0.2) is 0 Å². The van der Waals surface area contributed by atoms with Gasteiger partial charge < -0.3 is 9.67 Å². The Hall–Kier alpha value is -2.20. The molecule has 4 heteroatoms. The van der Waals surface area contributed by atoms with Crippen molar-refractivity contribution in [3.8, 4) is 0 Å². The molecule has 1 N–H and O–H groups in total. The Bertz CT molecular complexity index is 806. The molecule has 3 aromatic rings. The largest absolute Gasteiger partial charge is 0.395 e. The van der Waals surface area contributed by atoms with E-state index < -0.39 is 0 Å². The Kier molecular flexibility index (Phi) is 3.94. The number of aliphatic hydroxyl groups excluding tert-OH is 1. The topological polar surface area (TPSA) is 38.0 Å². The third-order valence-corrected chi connectivity index (χ3v) is 4.04. The molecular formula is C18H19FN2O. The van der Waals surface area contributed by atoms with Crippen LogP contribution in [0.1, 0.15) is 22.5 Å². The van der Waals surface area contributed by atoms with Crippen LogP contribution in [-0.2, 0) is 13.0 Å². The average molecular weight is 298 g/mol. The van der Waals surface area contributed by atoms with Gasteiger partial charge in [-0.15, -0.1) is 0 Å². The lowest BCUT2D eigenvalue weighted by Crippen LogP contribution is -2.07. The molecule has 0 atom stereocenters. The number of hydrogen-bond acceptors (Lipinski definition) is 2. The molecule has 0 fully saturated rings. The Labute approximate surface area is 129 Å². The number of benzene rings is 2. The molecule has 2 aromatic carbocycles.